The molecule has 0 amide bonds. The summed E-state index contributed by atoms with van der Waals surface area (Å²) in [6.07, 6.45) is 5.77. The lowest BCUT2D eigenvalue weighted by atomic mass is 9.76. The zero-order valence-electron chi connectivity index (χ0n) is 37.1. The van der Waals surface area contributed by atoms with Crippen LogP contribution in [-0.2, 0) is 56.1 Å². The summed E-state index contributed by atoms with van der Waals surface area (Å²) in [4.78, 5) is 13.8. The first-order chi connectivity index (χ1) is 31.3. The Labute approximate surface area is 392 Å². The number of allylic oxidation sites excluding steroid dienone is 8. The normalized spacial score (nSPS) is 19.7. The molecule has 0 saturated carbocycles. The van der Waals surface area contributed by atoms with Gasteiger partial charge in [-0.2, -0.15) is 38.2 Å². The van der Waals surface area contributed by atoms with Gasteiger partial charge >= 0.3 is 5.97 Å². The Kier molecular flexibility index (Phi) is 14.7. The minimum Gasteiger partial charge on any atom is -0.481 e. The molecule has 5 N–H and O–H groups in total. The second-order valence-electron chi connectivity index (χ2n) is 17.9. The number of unbranched alkanes of at least 4 members (excludes halogenated alkanes) is 2. The molecule has 368 valence electrons. The van der Waals surface area contributed by atoms with Crippen LogP contribution in [-0.4, -0.2) is 97.8 Å². The zero-order valence-corrected chi connectivity index (χ0v) is 40.4. The van der Waals surface area contributed by atoms with Crippen molar-refractivity contribution < 1.29 is 79.5 Å². The molecular weight excluding hydrogens is 978 g/mol. The number of rotatable bonds is 17. The maximum Gasteiger partial charge on any atom is 0.307 e. The summed E-state index contributed by atoms with van der Waals surface area (Å²) < 4.78 is 182. The molecule has 23 heteroatoms. The van der Waals surface area contributed by atoms with E-state index in [-0.39, 0.29) is 68.3 Å². The predicted molar refractivity (Wildman–Crippen MR) is 246 cm³/mol. The van der Waals surface area contributed by atoms with Gasteiger partial charge in [0.15, 0.2) is 5.71 Å². The van der Waals surface area contributed by atoms with Gasteiger partial charge in [0.05, 0.1) is 38.2 Å². The van der Waals surface area contributed by atoms with E-state index in [1.165, 1.54) is 48.6 Å². The van der Waals surface area contributed by atoms with E-state index in [0.717, 1.165) is 0 Å². The average Bonchev–Trinajstić information content (AvgIpc) is 3.55. The summed E-state index contributed by atoms with van der Waals surface area (Å²) in [5.74, 6) is -7.47. The van der Waals surface area contributed by atoms with Gasteiger partial charge in [-0.1, -0.05) is 26.0 Å². The van der Waals surface area contributed by atoms with Gasteiger partial charge < -0.3 is 10.0 Å². The van der Waals surface area contributed by atoms with Gasteiger partial charge in [0.2, 0.25) is 5.69 Å². The van der Waals surface area contributed by atoms with Gasteiger partial charge in [-0.15, -0.1) is 0 Å². The van der Waals surface area contributed by atoms with Gasteiger partial charge in [-0.25, -0.2) is 13.2 Å². The van der Waals surface area contributed by atoms with Crippen LogP contribution in [0.2, 0.25) is 0 Å². The molecule has 0 radical (unpaired) electrons. The first kappa shape index (κ1) is 52.4. The molecular formula is C45H50F3N2O14S4+. The summed E-state index contributed by atoms with van der Waals surface area (Å²) >= 11 is 0. The molecule has 3 aromatic rings. The second-order valence-corrected chi connectivity index (χ2v) is 23.9. The van der Waals surface area contributed by atoms with Gasteiger partial charge in [0, 0.05) is 59.6 Å². The number of anilines is 1. The highest BCUT2D eigenvalue weighted by Gasteiger charge is 2.46. The van der Waals surface area contributed by atoms with Gasteiger partial charge in [0.1, 0.15) is 24.0 Å². The molecule has 3 aromatic carbocycles. The minimum atomic E-state index is -4.68. The van der Waals surface area contributed by atoms with Crippen molar-refractivity contribution in [3.8, 4) is 0 Å². The van der Waals surface area contributed by atoms with Crippen LogP contribution in [0.25, 0.3) is 5.57 Å². The lowest BCUT2D eigenvalue weighted by Gasteiger charge is -2.29. The highest BCUT2D eigenvalue weighted by atomic mass is 32.2. The fourth-order valence-electron chi connectivity index (χ4n) is 9.17. The summed E-state index contributed by atoms with van der Waals surface area (Å²) in [5, 5.41) is 10.5. The van der Waals surface area contributed by atoms with Crippen LogP contribution in [0, 0.1) is 23.4 Å². The number of halogens is 3. The number of nitrogens with zero attached hydrogens (tertiary/aromatic N) is 2. The molecule has 1 atom stereocenters. The number of hydrogen-bond acceptors (Lipinski definition) is 10. The maximum atomic E-state index is 16.1. The molecule has 0 spiro atoms. The van der Waals surface area contributed by atoms with Crippen LogP contribution >= 0.6 is 0 Å². The van der Waals surface area contributed by atoms with Crippen molar-refractivity contribution in [1.29, 1.82) is 0 Å². The number of hydrogen-bond donors (Lipinski definition) is 5. The van der Waals surface area contributed by atoms with E-state index in [2.05, 4.69) is 0 Å². The zero-order chi connectivity index (χ0) is 50.5. The molecule has 0 aromatic heterocycles. The number of carboxylic acids is 1. The van der Waals surface area contributed by atoms with E-state index < -0.39 is 108 Å². The molecule has 3 aliphatic rings. The lowest BCUT2D eigenvalue weighted by molar-refractivity contribution is -0.438. The van der Waals surface area contributed by atoms with Crippen molar-refractivity contribution in [2.24, 2.45) is 5.92 Å². The highest BCUT2D eigenvalue weighted by Crippen LogP contribution is 2.50. The Morgan fingerprint density at radius 1 is 0.721 bits per heavy atom. The van der Waals surface area contributed by atoms with Crippen molar-refractivity contribution >= 4 is 69.1 Å². The molecule has 16 nitrogen and oxygen atoms in total. The Balaban J connectivity index is 1.58. The van der Waals surface area contributed by atoms with Crippen LogP contribution in [0.4, 0.5) is 24.5 Å². The van der Waals surface area contributed by atoms with E-state index in [0.29, 0.717) is 46.0 Å². The maximum absolute atomic E-state index is 16.1. The van der Waals surface area contributed by atoms with Gasteiger partial charge in [0.25, 0.3) is 40.5 Å². The van der Waals surface area contributed by atoms with Crippen LogP contribution < -0.4 is 4.90 Å². The number of carboxylic acid groups (broad SMARTS) is 1. The molecule has 1 unspecified atom stereocenters. The van der Waals surface area contributed by atoms with Crippen molar-refractivity contribution in [3.63, 3.8) is 0 Å². The number of benzene rings is 3. The van der Waals surface area contributed by atoms with Crippen LogP contribution in [0.3, 0.4) is 0 Å². The Hall–Kier alpha value is -5.01. The lowest BCUT2D eigenvalue weighted by Crippen LogP contribution is -2.28. The molecule has 6 rings (SSSR count). The highest BCUT2D eigenvalue weighted by molar-refractivity contribution is 7.86. The third kappa shape index (κ3) is 11.4. The van der Waals surface area contributed by atoms with Gasteiger partial charge in [-0.05, 0) is 105 Å². The first-order valence-corrected chi connectivity index (χ1v) is 27.2. The molecule has 68 heavy (non-hydrogen) atoms. The predicted octanol–water partition coefficient (Wildman–Crippen LogP) is 7.42. The topological polar surface area (TPSA) is 261 Å². The van der Waals surface area contributed by atoms with Crippen LogP contribution in [0.5, 0.6) is 0 Å². The van der Waals surface area contributed by atoms with E-state index in [1.807, 2.05) is 0 Å². The second kappa shape index (κ2) is 19.1. The van der Waals surface area contributed by atoms with Gasteiger partial charge in [-0.3, -0.25) is 23.0 Å². The number of fused-ring (bicyclic) bond motifs is 2. The number of carbonyl (C=O) groups is 1. The number of aliphatic carboxylic acids is 1. The third-order valence-electron chi connectivity index (χ3n) is 12.5. The molecule has 1 aliphatic carbocycles. The van der Waals surface area contributed by atoms with Crippen molar-refractivity contribution in [2.75, 3.05) is 29.5 Å². The molecule has 0 bridgehead atoms. The van der Waals surface area contributed by atoms with E-state index >= 15 is 8.78 Å². The molecule has 0 saturated heterocycles. The van der Waals surface area contributed by atoms with E-state index in [4.69, 9.17) is 0 Å². The Morgan fingerprint density at radius 2 is 1.28 bits per heavy atom. The fraction of sp³-hybridized carbons (Fsp3) is 0.378. The van der Waals surface area contributed by atoms with Crippen molar-refractivity contribution in [3.05, 3.63) is 124 Å². The smallest absolute Gasteiger partial charge is 0.307 e. The largest absolute Gasteiger partial charge is 0.481 e. The average molecular weight is 1030 g/mol. The summed E-state index contributed by atoms with van der Waals surface area (Å²) in [5.41, 5.74) is -0.213. The monoisotopic (exact) mass is 1030 g/mol. The van der Waals surface area contributed by atoms with Crippen molar-refractivity contribution in [2.45, 2.75) is 86.8 Å². The fourth-order valence-corrected chi connectivity index (χ4v) is 11.3. The standard InChI is InChI=1S/C45H49F3N2O14S4/c1-44(2)33-25-31(67(59,60)61)11-13-37(33)49(17-5-7-19-65(53,54)55)39(44)15-9-27-21-29(43(51)52)22-28(41(27)42-35(47)23-30(46)24-36(42)48)10-16-40-45(3,4)34-26-32(68(62,63)64)12-14-38(34)50(40)18-6-8-20-66(56,57)58/h9-16,23-26,29H,5-8,17-22H2,1-4H3,(H4-,51,52,53,54,55,56,57,58,59,60,61,62,63,64)/p+1. The third-order valence-corrected chi connectivity index (χ3v) is 15.8. The Morgan fingerprint density at radius 3 is 1.84 bits per heavy atom. The first-order valence-electron chi connectivity index (χ1n) is 21.1. The molecule has 2 aliphatic heterocycles. The van der Waals surface area contributed by atoms with Crippen LogP contribution in [0.15, 0.2) is 99.5 Å². The summed E-state index contributed by atoms with van der Waals surface area (Å²) in [6.45, 7) is 7.10. The van der Waals surface area contributed by atoms with E-state index in [9.17, 15) is 66.2 Å². The summed E-state index contributed by atoms with van der Waals surface area (Å²) in [7, 11) is -18.0. The van der Waals surface area contributed by atoms with E-state index in [1.54, 1.807) is 49.3 Å². The SMILES string of the molecule is CC1(C)C(/C=C/C2=C(c3c(F)cc(F)cc3F)C(=C/C=C3/N(CCCCS(=O)(=O)O)c4ccc(S(=O)(=O)O)cc4C3(C)C)/CC(C(=O)O)C2)=[N+](CCCCS(=O)(=O)O)c2ccc(S(=O)(=O)O)cc21. The quantitative estimate of drug-likeness (QED) is 0.0500. The molecule has 0 fully saturated rings. The minimum absolute atomic E-state index is 0.0130. The molecule has 2 heterocycles. The Bertz CT molecular complexity index is 3190. The summed E-state index contributed by atoms with van der Waals surface area (Å²) in [6, 6.07) is 8.70. The van der Waals surface area contributed by atoms with Crippen molar-refractivity contribution in [1.82, 2.24) is 0 Å². The van der Waals surface area contributed by atoms with Crippen LogP contribution in [0.1, 0.15) is 82.9 Å².